The van der Waals surface area contributed by atoms with Gasteiger partial charge < -0.3 is 14.8 Å². The Morgan fingerprint density at radius 1 is 0.897 bits per heavy atom. The van der Waals surface area contributed by atoms with Crippen molar-refractivity contribution in [1.82, 2.24) is 5.32 Å². The highest BCUT2D eigenvalue weighted by Gasteiger charge is 2.08. The quantitative estimate of drug-likeness (QED) is 0.464. The number of aryl methyl sites for hydroxylation is 1. The number of methoxy groups -OCH3 is 1. The van der Waals surface area contributed by atoms with Crippen molar-refractivity contribution in [3.05, 3.63) is 93.8 Å². The van der Waals surface area contributed by atoms with Crippen LogP contribution in [0.25, 0.3) is 0 Å². The summed E-state index contributed by atoms with van der Waals surface area (Å²) >= 11 is 6.05. The Bertz CT molecular complexity index is 933. The molecule has 0 spiro atoms. The van der Waals surface area contributed by atoms with E-state index in [4.69, 9.17) is 21.1 Å². The standard InChI is InChI=1S/C23H23ClFNO2.ClH/c1-16-3-5-17(6-4-16)13-26-14-18-7-10-22(23(11-18)27-2)28-15-19-8-9-20(25)12-21(19)24;/h3-12,26H,13-15H2,1-2H3;1H. The van der Waals surface area contributed by atoms with E-state index in [1.165, 1.54) is 23.3 Å². The van der Waals surface area contributed by atoms with Gasteiger partial charge in [-0.2, -0.15) is 0 Å². The van der Waals surface area contributed by atoms with Gasteiger partial charge in [-0.3, -0.25) is 0 Å². The minimum Gasteiger partial charge on any atom is -0.493 e. The molecule has 0 aliphatic carbocycles. The summed E-state index contributed by atoms with van der Waals surface area (Å²) in [7, 11) is 1.61. The van der Waals surface area contributed by atoms with Crippen LogP contribution in [0.2, 0.25) is 5.02 Å². The van der Waals surface area contributed by atoms with Gasteiger partial charge in [0.2, 0.25) is 0 Å². The third kappa shape index (κ3) is 6.64. The molecule has 0 saturated heterocycles. The summed E-state index contributed by atoms with van der Waals surface area (Å²) in [6.45, 7) is 3.83. The molecule has 0 fully saturated rings. The molecule has 3 aromatic carbocycles. The summed E-state index contributed by atoms with van der Waals surface area (Å²) in [6, 6.07) is 18.5. The second-order valence-electron chi connectivity index (χ2n) is 6.60. The normalized spacial score (nSPS) is 10.3. The van der Waals surface area contributed by atoms with Crippen LogP contribution in [0.5, 0.6) is 11.5 Å². The lowest BCUT2D eigenvalue weighted by molar-refractivity contribution is 0.284. The van der Waals surface area contributed by atoms with Crippen LogP contribution >= 0.6 is 24.0 Å². The van der Waals surface area contributed by atoms with Gasteiger partial charge in [0.15, 0.2) is 11.5 Å². The Balaban J connectivity index is 0.00000300. The van der Waals surface area contributed by atoms with E-state index < -0.39 is 0 Å². The fraction of sp³-hybridized carbons (Fsp3) is 0.217. The van der Waals surface area contributed by atoms with Crippen LogP contribution in [-0.4, -0.2) is 7.11 Å². The molecule has 0 atom stereocenters. The minimum atomic E-state index is -0.367. The molecule has 0 heterocycles. The molecule has 0 aliphatic rings. The molecular formula is C23H24Cl2FNO2. The van der Waals surface area contributed by atoms with E-state index in [1.54, 1.807) is 13.2 Å². The summed E-state index contributed by atoms with van der Waals surface area (Å²) < 4.78 is 24.4. The SMILES string of the molecule is COc1cc(CNCc2ccc(C)cc2)ccc1OCc1ccc(F)cc1Cl.Cl. The molecule has 6 heteroatoms. The fourth-order valence-corrected chi connectivity index (χ4v) is 3.01. The highest BCUT2D eigenvalue weighted by molar-refractivity contribution is 6.31. The number of halogens is 3. The number of ether oxygens (including phenoxy) is 2. The van der Waals surface area contributed by atoms with Gasteiger partial charge in [-0.25, -0.2) is 4.39 Å². The third-order valence-electron chi connectivity index (χ3n) is 4.41. The molecule has 3 rings (SSSR count). The Morgan fingerprint density at radius 2 is 1.59 bits per heavy atom. The minimum absolute atomic E-state index is 0. The molecule has 0 saturated carbocycles. The molecule has 0 bridgehead atoms. The Hall–Kier alpha value is -2.27. The van der Waals surface area contributed by atoms with Crippen molar-refractivity contribution in [2.24, 2.45) is 0 Å². The van der Waals surface area contributed by atoms with E-state index in [-0.39, 0.29) is 24.8 Å². The van der Waals surface area contributed by atoms with Gasteiger partial charge >= 0.3 is 0 Å². The number of hydrogen-bond acceptors (Lipinski definition) is 3. The van der Waals surface area contributed by atoms with Crippen LogP contribution in [0.3, 0.4) is 0 Å². The predicted octanol–water partition coefficient (Wildman–Crippen LogP) is 6.09. The Morgan fingerprint density at radius 3 is 2.28 bits per heavy atom. The lowest BCUT2D eigenvalue weighted by Gasteiger charge is -2.13. The monoisotopic (exact) mass is 435 g/mol. The first-order valence-electron chi connectivity index (χ1n) is 9.05. The van der Waals surface area contributed by atoms with E-state index in [2.05, 4.69) is 36.5 Å². The first kappa shape index (κ1) is 23.0. The van der Waals surface area contributed by atoms with Crippen LogP contribution in [0.4, 0.5) is 4.39 Å². The zero-order valence-electron chi connectivity index (χ0n) is 16.4. The summed E-state index contributed by atoms with van der Waals surface area (Å²) in [5.41, 5.74) is 4.31. The van der Waals surface area contributed by atoms with Crippen LogP contribution in [0, 0.1) is 12.7 Å². The molecular weight excluding hydrogens is 412 g/mol. The number of hydrogen-bond donors (Lipinski definition) is 1. The molecule has 3 nitrogen and oxygen atoms in total. The van der Waals surface area contributed by atoms with Gasteiger partial charge in [-0.05, 0) is 42.3 Å². The van der Waals surface area contributed by atoms with Gasteiger partial charge in [0.25, 0.3) is 0 Å². The molecule has 29 heavy (non-hydrogen) atoms. The fourth-order valence-electron chi connectivity index (χ4n) is 2.79. The largest absolute Gasteiger partial charge is 0.493 e. The lowest BCUT2D eigenvalue weighted by Crippen LogP contribution is -2.12. The zero-order valence-corrected chi connectivity index (χ0v) is 17.9. The first-order valence-corrected chi connectivity index (χ1v) is 9.43. The maximum atomic E-state index is 13.2. The van der Waals surface area contributed by atoms with Gasteiger partial charge in [-0.15, -0.1) is 12.4 Å². The molecule has 0 aliphatic heterocycles. The van der Waals surface area contributed by atoms with Gasteiger partial charge in [-0.1, -0.05) is 53.6 Å². The topological polar surface area (TPSA) is 30.5 Å². The maximum Gasteiger partial charge on any atom is 0.161 e. The van der Waals surface area contributed by atoms with Crippen LogP contribution in [-0.2, 0) is 19.7 Å². The molecule has 0 radical (unpaired) electrons. The molecule has 1 N–H and O–H groups in total. The van der Waals surface area contributed by atoms with Crippen molar-refractivity contribution < 1.29 is 13.9 Å². The van der Waals surface area contributed by atoms with Gasteiger partial charge in [0.1, 0.15) is 12.4 Å². The molecule has 0 aromatic heterocycles. The van der Waals surface area contributed by atoms with Gasteiger partial charge in [0, 0.05) is 18.7 Å². The van der Waals surface area contributed by atoms with Crippen molar-refractivity contribution in [2.75, 3.05) is 7.11 Å². The van der Waals surface area contributed by atoms with E-state index >= 15 is 0 Å². The van der Waals surface area contributed by atoms with E-state index in [0.29, 0.717) is 28.6 Å². The summed E-state index contributed by atoms with van der Waals surface area (Å²) in [6.07, 6.45) is 0. The Kier molecular flexibility index (Phi) is 8.77. The third-order valence-corrected chi connectivity index (χ3v) is 4.76. The van der Waals surface area contributed by atoms with E-state index in [1.807, 2.05) is 18.2 Å². The van der Waals surface area contributed by atoms with Crippen molar-refractivity contribution in [1.29, 1.82) is 0 Å². The summed E-state index contributed by atoms with van der Waals surface area (Å²) in [5.74, 6) is 0.895. The highest BCUT2D eigenvalue weighted by Crippen LogP contribution is 2.29. The average Bonchev–Trinajstić information content (AvgIpc) is 2.69. The number of nitrogens with one attached hydrogen (secondary N) is 1. The van der Waals surface area contributed by atoms with Crippen LogP contribution in [0.15, 0.2) is 60.7 Å². The van der Waals surface area contributed by atoms with Crippen LogP contribution in [0.1, 0.15) is 22.3 Å². The molecule has 3 aromatic rings. The number of benzene rings is 3. The highest BCUT2D eigenvalue weighted by atomic mass is 35.5. The van der Waals surface area contributed by atoms with E-state index in [9.17, 15) is 4.39 Å². The zero-order chi connectivity index (χ0) is 19.9. The van der Waals surface area contributed by atoms with Gasteiger partial charge in [0.05, 0.1) is 12.1 Å². The maximum absolute atomic E-state index is 13.2. The van der Waals surface area contributed by atoms with Crippen molar-refractivity contribution in [3.8, 4) is 11.5 Å². The second kappa shape index (κ2) is 11.1. The summed E-state index contributed by atoms with van der Waals surface area (Å²) in [5, 5.41) is 3.77. The molecule has 0 amide bonds. The van der Waals surface area contributed by atoms with E-state index in [0.717, 1.165) is 12.1 Å². The first-order chi connectivity index (χ1) is 13.5. The Labute approximate surface area is 182 Å². The number of rotatable bonds is 8. The summed E-state index contributed by atoms with van der Waals surface area (Å²) in [4.78, 5) is 0. The van der Waals surface area contributed by atoms with Crippen LogP contribution < -0.4 is 14.8 Å². The van der Waals surface area contributed by atoms with Crippen molar-refractivity contribution >= 4 is 24.0 Å². The predicted molar refractivity (Wildman–Crippen MR) is 118 cm³/mol. The molecule has 0 unspecified atom stereocenters. The smallest absolute Gasteiger partial charge is 0.161 e. The lowest BCUT2D eigenvalue weighted by atomic mass is 10.1. The average molecular weight is 436 g/mol. The molecule has 154 valence electrons. The van der Waals surface area contributed by atoms with Crippen molar-refractivity contribution in [3.63, 3.8) is 0 Å². The second-order valence-corrected chi connectivity index (χ2v) is 7.01. The van der Waals surface area contributed by atoms with Crippen molar-refractivity contribution in [2.45, 2.75) is 26.6 Å².